The molecule has 0 N–H and O–H groups in total. The molecule has 0 aliphatic carbocycles. The molecule has 0 fully saturated rings. The highest BCUT2D eigenvalue weighted by Crippen LogP contribution is 2.35. The van der Waals surface area contributed by atoms with E-state index < -0.39 is 26.7 Å². The highest BCUT2D eigenvalue weighted by atomic mass is 35.5. The molecule has 6 heteroatoms. The highest BCUT2D eigenvalue weighted by Gasteiger charge is 2.31. The second kappa shape index (κ2) is 8.84. The van der Waals surface area contributed by atoms with Crippen LogP contribution in [0.4, 0.5) is 8.78 Å². The Bertz CT molecular complexity index is 1040. The molecule has 0 radical (unpaired) electrons. The van der Waals surface area contributed by atoms with Crippen LogP contribution in [-0.2, 0) is 16.3 Å². The Hall–Kier alpha value is -2.24. The van der Waals surface area contributed by atoms with Crippen LogP contribution in [0.15, 0.2) is 77.7 Å². The Morgan fingerprint density at radius 1 is 0.893 bits per heavy atom. The van der Waals surface area contributed by atoms with Crippen LogP contribution >= 0.6 is 11.6 Å². The summed E-state index contributed by atoms with van der Waals surface area (Å²) in [4.78, 5) is 0.0327. The van der Waals surface area contributed by atoms with Gasteiger partial charge in [0.2, 0.25) is 0 Å². The number of hydrogen-bond acceptors (Lipinski definition) is 2. The summed E-state index contributed by atoms with van der Waals surface area (Å²) in [7, 11) is -3.93. The first kappa shape index (κ1) is 20.5. The van der Waals surface area contributed by atoms with Crippen molar-refractivity contribution in [1.82, 2.24) is 0 Å². The molecule has 3 rings (SSSR count). The van der Waals surface area contributed by atoms with Gasteiger partial charge in [0, 0.05) is 10.6 Å². The largest absolute Gasteiger partial charge is 0.223 e. The van der Waals surface area contributed by atoms with Crippen molar-refractivity contribution in [3.05, 3.63) is 101 Å². The van der Waals surface area contributed by atoms with Gasteiger partial charge < -0.3 is 0 Å². The molecule has 146 valence electrons. The van der Waals surface area contributed by atoms with Crippen LogP contribution in [0.3, 0.4) is 0 Å². The van der Waals surface area contributed by atoms with Crippen molar-refractivity contribution < 1.29 is 17.2 Å². The first-order valence-electron chi connectivity index (χ1n) is 8.86. The van der Waals surface area contributed by atoms with E-state index in [1.807, 2.05) is 30.3 Å². The number of rotatable bonds is 7. The van der Waals surface area contributed by atoms with E-state index >= 15 is 0 Å². The van der Waals surface area contributed by atoms with E-state index in [1.165, 1.54) is 24.3 Å². The fourth-order valence-electron chi connectivity index (χ4n) is 3.16. The quantitative estimate of drug-likeness (QED) is 0.459. The van der Waals surface area contributed by atoms with Gasteiger partial charge in [-0.3, -0.25) is 0 Å². The van der Waals surface area contributed by atoms with Crippen molar-refractivity contribution in [3.63, 3.8) is 0 Å². The van der Waals surface area contributed by atoms with Crippen LogP contribution in [0.1, 0.15) is 29.2 Å². The van der Waals surface area contributed by atoms with Gasteiger partial charge in [-0.1, -0.05) is 41.9 Å². The zero-order chi connectivity index (χ0) is 20.1. The maximum Gasteiger partial charge on any atom is 0.185 e. The van der Waals surface area contributed by atoms with E-state index in [1.54, 1.807) is 0 Å². The molecule has 0 spiro atoms. The van der Waals surface area contributed by atoms with E-state index in [0.717, 1.165) is 23.8 Å². The molecule has 0 bridgehead atoms. The highest BCUT2D eigenvalue weighted by molar-refractivity contribution is 7.91. The minimum Gasteiger partial charge on any atom is -0.223 e. The molecule has 3 aromatic rings. The Labute approximate surface area is 168 Å². The molecule has 1 atom stereocenters. The third-order valence-electron chi connectivity index (χ3n) is 4.60. The zero-order valence-corrected chi connectivity index (χ0v) is 16.6. The third-order valence-corrected chi connectivity index (χ3v) is 7.02. The van der Waals surface area contributed by atoms with Gasteiger partial charge in [-0.05, 0) is 67.3 Å². The molecule has 28 heavy (non-hydrogen) atoms. The van der Waals surface area contributed by atoms with Crippen molar-refractivity contribution in [2.24, 2.45) is 0 Å². The maximum absolute atomic E-state index is 14.4. The molecule has 1 unspecified atom stereocenters. The first-order chi connectivity index (χ1) is 13.4. The predicted molar refractivity (Wildman–Crippen MR) is 107 cm³/mol. The van der Waals surface area contributed by atoms with Crippen molar-refractivity contribution in [2.75, 3.05) is 0 Å². The van der Waals surface area contributed by atoms with Gasteiger partial charge in [0.25, 0.3) is 0 Å². The lowest BCUT2D eigenvalue weighted by Crippen LogP contribution is -2.16. The lowest BCUT2D eigenvalue weighted by Gasteiger charge is -2.19. The summed E-state index contributed by atoms with van der Waals surface area (Å²) in [5.41, 5.74) is 0.910. The summed E-state index contributed by atoms with van der Waals surface area (Å²) >= 11 is 5.85. The van der Waals surface area contributed by atoms with Crippen molar-refractivity contribution in [2.45, 2.75) is 29.4 Å². The van der Waals surface area contributed by atoms with Crippen LogP contribution in [0.2, 0.25) is 5.02 Å². The topological polar surface area (TPSA) is 34.1 Å². The summed E-state index contributed by atoms with van der Waals surface area (Å²) < 4.78 is 54.6. The fourth-order valence-corrected chi connectivity index (χ4v) is 5.13. The Balaban J connectivity index is 1.94. The molecule has 0 aromatic heterocycles. The second-order valence-corrected chi connectivity index (χ2v) is 9.10. The van der Waals surface area contributed by atoms with Gasteiger partial charge in [-0.25, -0.2) is 17.2 Å². The number of aryl methyl sites for hydroxylation is 1. The molecular formula is C22H19ClF2O2S. The number of benzene rings is 3. The summed E-state index contributed by atoms with van der Waals surface area (Å²) in [6.07, 6.45) is 1.32. The van der Waals surface area contributed by atoms with Crippen molar-refractivity contribution in [1.29, 1.82) is 0 Å². The minimum atomic E-state index is -3.93. The normalized spacial score (nSPS) is 12.7. The Morgan fingerprint density at radius 2 is 1.57 bits per heavy atom. The summed E-state index contributed by atoms with van der Waals surface area (Å²) in [6.45, 7) is 0. The standard InChI is InChI=1S/C22H19ClF2O2S/c23-17-9-12-19(13-10-17)28(26,27)22(20-15-18(24)11-14-21(20)25)8-4-7-16-5-2-1-3-6-16/h1-3,5-6,9-15,22H,4,7-8H2. The fraction of sp³-hybridized carbons (Fsp3) is 0.182. The molecule has 0 heterocycles. The molecule has 3 aromatic carbocycles. The maximum atomic E-state index is 14.4. The van der Waals surface area contributed by atoms with Gasteiger partial charge in [0.1, 0.15) is 11.6 Å². The van der Waals surface area contributed by atoms with E-state index in [4.69, 9.17) is 11.6 Å². The average molecular weight is 421 g/mol. The van der Waals surface area contributed by atoms with E-state index in [0.29, 0.717) is 17.9 Å². The number of halogens is 3. The molecule has 0 aliphatic heterocycles. The third kappa shape index (κ3) is 4.78. The average Bonchev–Trinajstić information content (AvgIpc) is 2.68. The molecule has 0 amide bonds. The van der Waals surface area contributed by atoms with E-state index in [-0.39, 0.29) is 16.9 Å². The summed E-state index contributed by atoms with van der Waals surface area (Å²) in [5, 5.41) is -0.787. The van der Waals surface area contributed by atoms with Crippen LogP contribution in [0.5, 0.6) is 0 Å². The van der Waals surface area contributed by atoms with Gasteiger partial charge in [0.15, 0.2) is 9.84 Å². The van der Waals surface area contributed by atoms with Gasteiger partial charge in [-0.15, -0.1) is 0 Å². The Morgan fingerprint density at radius 3 is 2.25 bits per heavy atom. The van der Waals surface area contributed by atoms with Crippen LogP contribution in [0.25, 0.3) is 0 Å². The minimum absolute atomic E-state index is 0.0327. The van der Waals surface area contributed by atoms with Gasteiger partial charge in [0.05, 0.1) is 10.1 Å². The molecule has 0 aliphatic rings. The number of hydrogen-bond donors (Lipinski definition) is 0. The molecule has 0 saturated carbocycles. The second-order valence-electron chi connectivity index (χ2n) is 6.53. The monoisotopic (exact) mass is 420 g/mol. The smallest absolute Gasteiger partial charge is 0.185 e. The van der Waals surface area contributed by atoms with Crippen LogP contribution in [0, 0.1) is 11.6 Å². The van der Waals surface area contributed by atoms with Crippen molar-refractivity contribution >= 4 is 21.4 Å². The number of sulfone groups is 1. The summed E-state index contributed by atoms with van der Waals surface area (Å²) in [5.74, 6) is -1.40. The van der Waals surface area contributed by atoms with Gasteiger partial charge in [-0.2, -0.15) is 0 Å². The first-order valence-corrected chi connectivity index (χ1v) is 10.8. The zero-order valence-electron chi connectivity index (χ0n) is 15.0. The van der Waals surface area contributed by atoms with Crippen molar-refractivity contribution in [3.8, 4) is 0 Å². The van der Waals surface area contributed by atoms with E-state index in [2.05, 4.69) is 0 Å². The van der Waals surface area contributed by atoms with Crippen LogP contribution in [-0.4, -0.2) is 8.42 Å². The molecule has 0 saturated heterocycles. The SMILES string of the molecule is O=S(=O)(c1ccc(Cl)cc1)C(CCCc1ccccc1)c1cc(F)ccc1F. The van der Waals surface area contributed by atoms with Crippen LogP contribution < -0.4 is 0 Å². The lowest BCUT2D eigenvalue weighted by molar-refractivity contribution is 0.546. The molecular weight excluding hydrogens is 402 g/mol. The Kier molecular flexibility index (Phi) is 6.47. The lowest BCUT2D eigenvalue weighted by atomic mass is 10.0. The van der Waals surface area contributed by atoms with Gasteiger partial charge >= 0.3 is 0 Å². The predicted octanol–water partition coefficient (Wildman–Crippen LogP) is 6.16. The molecule has 2 nitrogen and oxygen atoms in total. The van der Waals surface area contributed by atoms with E-state index in [9.17, 15) is 17.2 Å². The summed E-state index contributed by atoms with van der Waals surface area (Å²) in [6, 6.07) is 18.2.